The third-order valence-electron chi connectivity index (χ3n) is 3.51. The van der Waals surface area contributed by atoms with E-state index in [0.717, 1.165) is 0 Å². The van der Waals surface area contributed by atoms with Gasteiger partial charge in [-0.15, -0.1) is 0 Å². The molecular weight excluding hydrogens is 321 g/mol. The van der Waals surface area contributed by atoms with Crippen LogP contribution in [0.25, 0.3) is 11.3 Å². The molecule has 1 aliphatic heterocycles. The molecule has 0 bridgehead atoms. The zero-order valence-electron chi connectivity index (χ0n) is 13.2. The molecule has 0 spiro atoms. The highest BCUT2D eigenvalue weighted by Gasteiger charge is 2.35. The Balaban J connectivity index is 2.17. The summed E-state index contributed by atoms with van der Waals surface area (Å²) in [7, 11) is 0. The largest absolute Gasteiger partial charge is 0.449 e. The number of hydrogen-bond donors (Lipinski definition) is 0. The van der Waals surface area contributed by atoms with E-state index >= 15 is 0 Å². The standard InChI is InChI=1S/C17H15ClFNO3/c1-8-7-11(20-15(9(2)21)13(8)18)10-5-6-12-16(14(10)19)23-17(3,4)22-12/h5-7H,1-4H3. The summed E-state index contributed by atoms with van der Waals surface area (Å²) in [6.45, 7) is 6.51. The van der Waals surface area contributed by atoms with Crippen molar-refractivity contribution in [3.63, 3.8) is 0 Å². The second-order valence-corrected chi connectivity index (χ2v) is 6.28. The second-order valence-electron chi connectivity index (χ2n) is 5.90. The van der Waals surface area contributed by atoms with Crippen LogP contribution in [-0.4, -0.2) is 16.6 Å². The lowest BCUT2D eigenvalue weighted by molar-refractivity contribution is -0.0444. The van der Waals surface area contributed by atoms with Crippen LogP contribution < -0.4 is 9.47 Å². The maximum atomic E-state index is 14.8. The Morgan fingerprint density at radius 3 is 2.65 bits per heavy atom. The van der Waals surface area contributed by atoms with Crippen LogP contribution in [0.4, 0.5) is 4.39 Å². The first-order chi connectivity index (χ1) is 10.7. The lowest BCUT2D eigenvalue weighted by Crippen LogP contribution is -2.29. The lowest BCUT2D eigenvalue weighted by Gasteiger charge is -2.16. The first-order valence-electron chi connectivity index (χ1n) is 7.08. The van der Waals surface area contributed by atoms with E-state index in [1.165, 1.54) is 6.92 Å². The quantitative estimate of drug-likeness (QED) is 0.755. The molecule has 0 radical (unpaired) electrons. The Hall–Kier alpha value is -2.14. The molecule has 4 nitrogen and oxygen atoms in total. The van der Waals surface area contributed by atoms with Gasteiger partial charge in [-0.3, -0.25) is 4.79 Å². The lowest BCUT2D eigenvalue weighted by atomic mass is 10.1. The summed E-state index contributed by atoms with van der Waals surface area (Å²) in [6.07, 6.45) is 0. The first kappa shape index (κ1) is 15.7. The molecule has 2 aromatic rings. The summed E-state index contributed by atoms with van der Waals surface area (Å²) in [6, 6.07) is 4.82. The number of benzene rings is 1. The van der Waals surface area contributed by atoms with Gasteiger partial charge < -0.3 is 9.47 Å². The van der Waals surface area contributed by atoms with Crippen molar-refractivity contribution in [3.8, 4) is 22.8 Å². The number of aryl methyl sites for hydroxylation is 1. The van der Waals surface area contributed by atoms with Crippen molar-refractivity contribution in [1.82, 2.24) is 4.98 Å². The maximum Gasteiger partial charge on any atom is 0.246 e. The number of aromatic nitrogens is 1. The molecule has 6 heteroatoms. The van der Waals surface area contributed by atoms with Crippen LogP contribution in [0, 0.1) is 12.7 Å². The zero-order chi connectivity index (χ0) is 16.9. The van der Waals surface area contributed by atoms with Gasteiger partial charge in [0, 0.05) is 26.3 Å². The highest BCUT2D eigenvalue weighted by molar-refractivity contribution is 6.34. The molecule has 0 fully saturated rings. The fourth-order valence-corrected chi connectivity index (χ4v) is 2.70. The number of nitrogens with zero attached hydrogens (tertiary/aromatic N) is 1. The summed E-state index contributed by atoms with van der Waals surface area (Å²) < 4.78 is 25.8. The summed E-state index contributed by atoms with van der Waals surface area (Å²) in [4.78, 5) is 15.9. The minimum Gasteiger partial charge on any atom is -0.449 e. The highest BCUT2D eigenvalue weighted by Crippen LogP contribution is 2.44. The Labute approximate surface area is 138 Å². The van der Waals surface area contributed by atoms with Crippen molar-refractivity contribution in [1.29, 1.82) is 0 Å². The van der Waals surface area contributed by atoms with Crippen LogP contribution in [0.15, 0.2) is 18.2 Å². The number of carbonyl (C=O) groups is 1. The van der Waals surface area contributed by atoms with Gasteiger partial charge in [-0.2, -0.15) is 0 Å². The van der Waals surface area contributed by atoms with Crippen LogP contribution in [-0.2, 0) is 0 Å². The molecule has 2 heterocycles. The van der Waals surface area contributed by atoms with E-state index in [1.807, 2.05) is 0 Å². The second kappa shape index (κ2) is 5.20. The molecular formula is C17H15ClFNO3. The number of pyridine rings is 1. The number of ketones is 1. The molecule has 1 aromatic heterocycles. The van der Waals surface area contributed by atoms with Gasteiger partial charge in [-0.1, -0.05) is 11.6 Å². The summed E-state index contributed by atoms with van der Waals surface area (Å²) >= 11 is 6.10. The molecule has 0 aliphatic carbocycles. The van der Waals surface area contributed by atoms with Crippen molar-refractivity contribution in [2.75, 3.05) is 0 Å². The Morgan fingerprint density at radius 2 is 2.00 bits per heavy atom. The van der Waals surface area contributed by atoms with Gasteiger partial charge >= 0.3 is 0 Å². The minimum absolute atomic E-state index is 0.0475. The Morgan fingerprint density at radius 1 is 1.30 bits per heavy atom. The van der Waals surface area contributed by atoms with Gasteiger partial charge in [0.2, 0.25) is 11.5 Å². The van der Waals surface area contributed by atoms with Crippen LogP contribution in [0.2, 0.25) is 5.02 Å². The molecule has 23 heavy (non-hydrogen) atoms. The van der Waals surface area contributed by atoms with Crippen molar-refractivity contribution < 1.29 is 18.7 Å². The van der Waals surface area contributed by atoms with Gasteiger partial charge in [-0.25, -0.2) is 9.37 Å². The summed E-state index contributed by atoms with van der Waals surface area (Å²) in [5.74, 6) is -1.38. The third kappa shape index (κ3) is 2.65. The van der Waals surface area contributed by atoms with Gasteiger partial charge in [0.05, 0.1) is 10.7 Å². The predicted octanol–water partition coefficient (Wildman–Crippen LogP) is 4.56. The van der Waals surface area contributed by atoms with Crippen LogP contribution >= 0.6 is 11.6 Å². The summed E-state index contributed by atoms with van der Waals surface area (Å²) in [5.41, 5.74) is 1.33. The molecule has 1 aromatic carbocycles. The molecule has 0 unspecified atom stereocenters. The molecule has 0 saturated carbocycles. The van der Waals surface area contributed by atoms with Crippen molar-refractivity contribution in [2.45, 2.75) is 33.5 Å². The normalized spacial score (nSPS) is 14.9. The van der Waals surface area contributed by atoms with E-state index in [1.54, 1.807) is 39.0 Å². The van der Waals surface area contributed by atoms with Crippen LogP contribution in [0.3, 0.4) is 0 Å². The SMILES string of the molecule is CC(=O)c1nc(-c2ccc3c(c2F)OC(C)(C)O3)cc(C)c1Cl. The number of carbonyl (C=O) groups excluding carboxylic acids is 1. The Kier molecular flexibility index (Phi) is 3.56. The topological polar surface area (TPSA) is 48.4 Å². The molecule has 0 atom stereocenters. The van der Waals surface area contributed by atoms with E-state index in [2.05, 4.69) is 4.98 Å². The third-order valence-corrected chi connectivity index (χ3v) is 3.99. The maximum absolute atomic E-state index is 14.8. The highest BCUT2D eigenvalue weighted by atomic mass is 35.5. The monoisotopic (exact) mass is 335 g/mol. The van der Waals surface area contributed by atoms with Gasteiger partial charge in [-0.05, 0) is 30.7 Å². The molecule has 0 saturated heterocycles. The zero-order valence-corrected chi connectivity index (χ0v) is 13.9. The number of halogens is 2. The average Bonchev–Trinajstić information content (AvgIpc) is 2.77. The molecule has 3 rings (SSSR count). The molecule has 0 N–H and O–H groups in total. The smallest absolute Gasteiger partial charge is 0.246 e. The average molecular weight is 336 g/mol. The Bertz CT molecular complexity index is 833. The van der Waals surface area contributed by atoms with Crippen molar-refractivity contribution >= 4 is 17.4 Å². The van der Waals surface area contributed by atoms with Gasteiger partial charge in [0.15, 0.2) is 17.3 Å². The van der Waals surface area contributed by atoms with E-state index in [9.17, 15) is 9.18 Å². The predicted molar refractivity (Wildman–Crippen MR) is 84.7 cm³/mol. The van der Waals surface area contributed by atoms with Gasteiger partial charge in [0.1, 0.15) is 5.69 Å². The van der Waals surface area contributed by atoms with E-state index < -0.39 is 11.6 Å². The van der Waals surface area contributed by atoms with Crippen LogP contribution in [0.5, 0.6) is 11.5 Å². The van der Waals surface area contributed by atoms with E-state index in [0.29, 0.717) is 17.0 Å². The molecule has 120 valence electrons. The number of fused-ring (bicyclic) bond motifs is 1. The number of Topliss-reactive ketones (excluding diaryl/α,β-unsaturated/α-hetero) is 1. The minimum atomic E-state index is -0.921. The first-order valence-corrected chi connectivity index (χ1v) is 7.46. The van der Waals surface area contributed by atoms with E-state index in [4.69, 9.17) is 21.1 Å². The van der Waals surface area contributed by atoms with Crippen LogP contribution in [0.1, 0.15) is 36.8 Å². The number of hydrogen-bond acceptors (Lipinski definition) is 4. The fourth-order valence-electron chi connectivity index (χ4n) is 2.47. The molecule has 0 amide bonds. The van der Waals surface area contributed by atoms with Crippen molar-refractivity contribution in [3.05, 3.63) is 40.3 Å². The van der Waals surface area contributed by atoms with Gasteiger partial charge in [0.25, 0.3) is 0 Å². The number of rotatable bonds is 2. The summed E-state index contributed by atoms with van der Waals surface area (Å²) in [5, 5.41) is 0.281. The molecule has 1 aliphatic rings. The number of ether oxygens (including phenoxy) is 2. The fraction of sp³-hybridized carbons (Fsp3) is 0.294. The van der Waals surface area contributed by atoms with Crippen molar-refractivity contribution in [2.24, 2.45) is 0 Å². The van der Waals surface area contributed by atoms with E-state index in [-0.39, 0.29) is 27.8 Å².